The second kappa shape index (κ2) is 8.34. The predicted octanol–water partition coefficient (Wildman–Crippen LogP) is 2.96. The number of nitrogens with one attached hydrogen (secondary N) is 2. The summed E-state index contributed by atoms with van der Waals surface area (Å²) in [6, 6.07) is 0.783. The SMILES string of the molecule is CC(C)(C)OC(=O)NC1CCC(NCC2CCCC(O)C2)CC1. The summed E-state index contributed by atoms with van der Waals surface area (Å²) in [6.07, 6.45) is 8.11. The van der Waals surface area contributed by atoms with Crippen molar-refractivity contribution in [3.8, 4) is 0 Å². The van der Waals surface area contributed by atoms with Crippen molar-refractivity contribution >= 4 is 6.09 Å². The highest BCUT2D eigenvalue weighted by Gasteiger charge is 2.26. The lowest BCUT2D eigenvalue weighted by atomic mass is 9.86. The predicted molar refractivity (Wildman–Crippen MR) is 91.4 cm³/mol. The molecular weight excluding hydrogens is 292 g/mol. The van der Waals surface area contributed by atoms with Crippen LogP contribution in [0.5, 0.6) is 0 Å². The van der Waals surface area contributed by atoms with Gasteiger partial charge in [0, 0.05) is 12.1 Å². The van der Waals surface area contributed by atoms with Crippen LogP contribution in [-0.4, -0.2) is 41.5 Å². The van der Waals surface area contributed by atoms with E-state index in [1.54, 1.807) is 0 Å². The number of carbonyl (C=O) groups is 1. The summed E-state index contributed by atoms with van der Waals surface area (Å²) in [5, 5.41) is 16.4. The van der Waals surface area contributed by atoms with Crippen molar-refractivity contribution in [3.05, 3.63) is 0 Å². The highest BCUT2D eigenvalue weighted by molar-refractivity contribution is 5.68. The van der Waals surface area contributed by atoms with E-state index < -0.39 is 5.60 Å². The molecule has 5 heteroatoms. The third kappa shape index (κ3) is 7.08. The summed E-state index contributed by atoms with van der Waals surface area (Å²) >= 11 is 0. The maximum absolute atomic E-state index is 11.8. The first-order valence-corrected chi connectivity index (χ1v) is 9.23. The van der Waals surface area contributed by atoms with E-state index in [0.717, 1.165) is 51.5 Å². The smallest absolute Gasteiger partial charge is 0.407 e. The van der Waals surface area contributed by atoms with Gasteiger partial charge >= 0.3 is 6.09 Å². The minimum absolute atomic E-state index is 0.0932. The monoisotopic (exact) mass is 326 g/mol. The largest absolute Gasteiger partial charge is 0.444 e. The molecule has 23 heavy (non-hydrogen) atoms. The van der Waals surface area contributed by atoms with Gasteiger partial charge in [-0.2, -0.15) is 0 Å². The van der Waals surface area contributed by atoms with Crippen molar-refractivity contribution in [2.45, 2.75) is 95.9 Å². The summed E-state index contributed by atoms with van der Waals surface area (Å²) in [7, 11) is 0. The molecule has 0 aromatic rings. The zero-order chi connectivity index (χ0) is 16.9. The number of ether oxygens (including phenoxy) is 1. The highest BCUT2D eigenvalue weighted by Crippen LogP contribution is 2.25. The van der Waals surface area contributed by atoms with Gasteiger partial charge in [-0.05, 0) is 78.2 Å². The van der Waals surface area contributed by atoms with Gasteiger partial charge in [0.1, 0.15) is 5.60 Å². The highest BCUT2D eigenvalue weighted by atomic mass is 16.6. The second-order valence-corrected chi connectivity index (χ2v) is 8.29. The Morgan fingerprint density at radius 2 is 1.74 bits per heavy atom. The molecule has 0 aromatic heterocycles. The van der Waals surface area contributed by atoms with Crippen LogP contribution in [-0.2, 0) is 4.74 Å². The van der Waals surface area contributed by atoms with E-state index in [1.807, 2.05) is 20.8 Å². The van der Waals surface area contributed by atoms with Crippen LogP contribution in [0.25, 0.3) is 0 Å². The zero-order valence-electron chi connectivity index (χ0n) is 14.9. The molecule has 0 heterocycles. The van der Waals surface area contributed by atoms with Crippen LogP contribution in [0.3, 0.4) is 0 Å². The first-order valence-electron chi connectivity index (χ1n) is 9.23. The summed E-state index contributed by atoms with van der Waals surface area (Å²) in [5.41, 5.74) is -0.437. The summed E-state index contributed by atoms with van der Waals surface area (Å²) in [5.74, 6) is 0.622. The van der Waals surface area contributed by atoms with Crippen molar-refractivity contribution in [2.24, 2.45) is 5.92 Å². The van der Waals surface area contributed by atoms with Crippen LogP contribution in [0.2, 0.25) is 0 Å². The third-order valence-corrected chi connectivity index (χ3v) is 4.90. The van der Waals surface area contributed by atoms with Crippen molar-refractivity contribution in [2.75, 3.05) is 6.54 Å². The van der Waals surface area contributed by atoms with Gasteiger partial charge in [0.05, 0.1) is 6.10 Å². The van der Waals surface area contributed by atoms with Crippen LogP contribution in [0, 0.1) is 5.92 Å². The zero-order valence-corrected chi connectivity index (χ0v) is 14.9. The van der Waals surface area contributed by atoms with Crippen LogP contribution in [0.4, 0.5) is 4.79 Å². The fourth-order valence-corrected chi connectivity index (χ4v) is 3.70. The molecule has 0 aliphatic heterocycles. The number of amides is 1. The standard InChI is InChI=1S/C18H34N2O3/c1-18(2,3)23-17(22)20-15-9-7-14(8-10-15)19-12-13-5-4-6-16(21)11-13/h13-16,19,21H,4-12H2,1-3H3,(H,20,22). The van der Waals surface area contributed by atoms with Gasteiger partial charge in [-0.1, -0.05) is 6.42 Å². The summed E-state index contributed by atoms with van der Waals surface area (Å²) in [6.45, 7) is 6.67. The third-order valence-electron chi connectivity index (χ3n) is 4.90. The van der Waals surface area contributed by atoms with Gasteiger partial charge < -0.3 is 20.5 Å². The molecule has 2 atom stereocenters. The van der Waals surface area contributed by atoms with Crippen LogP contribution in [0.1, 0.15) is 72.1 Å². The molecule has 0 spiro atoms. The number of rotatable bonds is 4. The van der Waals surface area contributed by atoms with E-state index in [9.17, 15) is 9.90 Å². The number of aliphatic hydroxyl groups excluding tert-OH is 1. The minimum atomic E-state index is -0.437. The second-order valence-electron chi connectivity index (χ2n) is 8.29. The molecule has 134 valence electrons. The van der Waals surface area contributed by atoms with Crippen LogP contribution in [0.15, 0.2) is 0 Å². The molecular formula is C18H34N2O3. The molecule has 2 unspecified atom stereocenters. The molecule has 0 aromatic carbocycles. The fourth-order valence-electron chi connectivity index (χ4n) is 3.70. The molecule has 0 radical (unpaired) electrons. The molecule has 2 aliphatic rings. The van der Waals surface area contributed by atoms with E-state index in [-0.39, 0.29) is 18.2 Å². The number of carbonyl (C=O) groups excluding carboxylic acids is 1. The molecule has 2 rings (SSSR count). The van der Waals surface area contributed by atoms with Crippen molar-refractivity contribution in [1.29, 1.82) is 0 Å². The Morgan fingerprint density at radius 1 is 1.09 bits per heavy atom. The lowest BCUT2D eigenvalue weighted by molar-refractivity contribution is 0.0489. The number of hydrogen-bond donors (Lipinski definition) is 3. The summed E-state index contributed by atoms with van der Waals surface area (Å²) < 4.78 is 5.31. The van der Waals surface area contributed by atoms with Gasteiger partial charge in [-0.3, -0.25) is 0 Å². The van der Waals surface area contributed by atoms with E-state index in [2.05, 4.69) is 10.6 Å². The maximum atomic E-state index is 11.8. The maximum Gasteiger partial charge on any atom is 0.407 e. The van der Waals surface area contributed by atoms with E-state index >= 15 is 0 Å². The van der Waals surface area contributed by atoms with Crippen molar-refractivity contribution in [3.63, 3.8) is 0 Å². The van der Waals surface area contributed by atoms with E-state index in [4.69, 9.17) is 4.74 Å². The Balaban J connectivity index is 1.61. The summed E-state index contributed by atoms with van der Waals surface area (Å²) in [4.78, 5) is 11.8. The number of aliphatic hydroxyl groups is 1. The number of alkyl carbamates (subject to hydrolysis) is 1. The molecule has 0 saturated heterocycles. The van der Waals surface area contributed by atoms with Gasteiger partial charge in [-0.15, -0.1) is 0 Å². The first kappa shape index (κ1) is 18.5. The van der Waals surface area contributed by atoms with Gasteiger partial charge in [0.2, 0.25) is 0 Å². The molecule has 2 fully saturated rings. The molecule has 2 saturated carbocycles. The average molecular weight is 326 g/mol. The fraction of sp³-hybridized carbons (Fsp3) is 0.944. The Kier molecular flexibility index (Phi) is 6.72. The molecule has 1 amide bonds. The van der Waals surface area contributed by atoms with Crippen LogP contribution < -0.4 is 10.6 Å². The Labute approximate surface area is 140 Å². The van der Waals surface area contributed by atoms with Gasteiger partial charge in [0.15, 0.2) is 0 Å². The van der Waals surface area contributed by atoms with Gasteiger partial charge in [0.25, 0.3) is 0 Å². The van der Waals surface area contributed by atoms with Crippen molar-refractivity contribution in [1.82, 2.24) is 10.6 Å². The molecule has 5 nitrogen and oxygen atoms in total. The molecule has 0 bridgehead atoms. The lowest BCUT2D eigenvalue weighted by Gasteiger charge is -2.32. The Bertz CT molecular complexity index is 373. The topological polar surface area (TPSA) is 70.6 Å². The van der Waals surface area contributed by atoms with Gasteiger partial charge in [-0.25, -0.2) is 4.79 Å². The Hall–Kier alpha value is -0.810. The normalized spacial score (nSPS) is 32.3. The van der Waals surface area contributed by atoms with E-state index in [0.29, 0.717) is 12.0 Å². The molecule has 3 N–H and O–H groups in total. The van der Waals surface area contributed by atoms with E-state index in [1.165, 1.54) is 6.42 Å². The van der Waals surface area contributed by atoms with Crippen molar-refractivity contribution < 1.29 is 14.6 Å². The Morgan fingerprint density at radius 3 is 2.35 bits per heavy atom. The number of hydrogen-bond acceptors (Lipinski definition) is 4. The lowest BCUT2D eigenvalue weighted by Crippen LogP contribution is -2.44. The van der Waals surface area contributed by atoms with Crippen LogP contribution >= 0.6 is 0 Å². The molecule has 2 aliphatic carbocycles. The minimum Gasteiger partial charge on any atom is -0.444 e. The average Bonchev–Trinajstić information content (AvgIpc) is 2.44. The quantitative estimate of drug-likeness (QED) is 0.743. The first-order chi connectivity index (χ1) is 10.8.